The Labute approximate surface area is 573 Å². The molecule has 2 heterocycles. The van der Waals surface area contributed by atoms with Gasteiger partial charge in [0.15, 0.2) is 0 Å². The Morgan fingerprint density at radius 2 is 1.24 bits per heavy atom. The lowest BCUT2D eigenvalue weighted by molar-refractivity contribution is -0.149. The summed E-state index contributed by atoms with van der Waals surface area (Å²) in [5, 5.41) is 21.2. The number of nitrogens with one attached hydrogen (secondary N) is 4. The number of rotatable bonds is 43. The Hall–Kier alpha value is -7.79. The van der Waals surface area contributed by atoms with Crippen LogP contribution < -0.4 is 26.2 Å². The van der Waals surface area contributed by atoms with E-state index in [9.17, 15) is 48.3 Å². The molecule has 534 valence electrons. The number of nitrogens with zero attached hydrogens (tertiary/aromatic N) is 4. The van der Waals surface area contributed by atoms with Gasteiger partial charge in [-0.05, 0) is 66.3 Å². The molecule has 3 aromatic rings. The van der Waals surface area contributed by atoms with Gasteiger partial charge in [0.05, 0.1) is 102 Å². The van der Waals surface area contributed by atoms with Crippen molar-refractivity contribution in [2.45, 2.75) is 162 Å². The first kappa shape index (κ1) is 79.9. The standard InChI is InChI=1S/C73H106N8O16/c1-12-51(6)68(60(92-10)47-65(86)80-37-21-28-59(80)69(93-11)52(7)70(87)76-57(73(90)91)46-53-22-14-13-15-23-53)79(9)72(89)66(49(2)3)77-71(88)67(50(4)5)78(8)63(84)30-20-29-61(82)75-36-39-95-41-43-97-45-44-96-42-40-94-38-34-62(83)74-35-33-64(85)81-48-56-26-17-16-24-54(56)31-32-55-25-18-19-27-58(55)81/h13-19,22-27,49-52,57,59-60,66-69H,12,20-21,28-30,33-48H2,1-11H3,(H,74,83)(H,75,82)(H,76,87)(H,77,88)(H,90,91)/t51-,52+,57-,59-,60+,66-,67-,68-,69+/m0/s1. The Morgan fingerprint density at radius 3 is 1.87 bits per heavy atom. The Bertz CT molecular complexity index is 3080. The summed E-state index contributed by atoms with van der Waals surface area (Å²) in [6, 6.07) is 20.1. The zero-order valence-electron chi connectivity index (χ0n) is 58.8. The average molecular weight is 1350 g/mol. The summed E-state index contributed by atoms with van der Waals surface area (Å²) >= 11 is 0. The molecule has 0 unspecified atom stereocenters. The lowest BCUT2D eigenvalue weighted by Crippen LogP contribution is -2.60. The monoisotopic (exact) mass is 1350 g/mol. The molecule has 1 saturated heterocycles. The maximum absolute atomic E-state index is 14.7. The van der Waals surface area contributed by atoms with Gasteiger partial charge in [0.2, 0.25) is 47.3 Å². The van der Waals surface area contributed by atoms with Crippen LogP contribution in [0.1, 0.15) is 129 Å². The van der Waals surface area contributed by atoms with Gasteiger partial charge in [0, 0.05) is 91.2 Å². The number of hydrogen-bond acceptors (Lipinski definition) is 15. The molecule has 0 radical (unpaired) electrons. The summed E-state index contributed by atoms with van der Waals surface area (Å²) < 4.78 is 34.2. The van der Waals surface area contributed by atoms with Crippen LogP contribution in [0.3, 0.4) is 0 Å². The van der Waals surface area contributed by atoms with Crippen LogP contribution in [-0.2, 0) is 84.5 Å². The van der Waals surface area contributed by atoms with Crippen molar-refractivity contribution in [3.63, 3.8) is 0 Å². The van der Waals surface area contributed by atoms with Crippen molar-refractivity contribution < 1.29 is 76.7 Å². The van der Waals surface area contributed by atoms with Gasteiger partial charge in [0.1, 0.15) is 18.1 Å². The number of methoxy groups -OCH3 is 2. The summed E-state index contributed by atoms with van der Waals surface area (Å²) in [7, 11) is 6.15. The molecule has 1 fully saturated rings. The van der Waals surface area contributed by atoms with Crippen LogP contribution in [0, 0.1) is 35.5 Å². The molecule has 8 amide bonds. The second-order valence-corrected chi connectivity index (χ2v) is 25.5. The van der Waals surface area contributed by atoms with Gasteiger partial charge in [-0.25, -0.2) is 4.79 Å². The van der Waals surface area contributed by atoms with E-state index in [1.165, 1.54) is 19.1 Å². The van der Waals surface area contributed by atoms with Gasteiger partial charge in [0.25, 0.3) is 0 Å². The maximum atomic E-state index is 14.7. The number of anilines is 1. The van der Waals surface area contributed by atoms with Gasteiger partial charge in [-0.1, -0.05) is 127 Å². The molecule has 0 bridgehead atoms. The Morgan fingerprint density at radius 1 is 0.639 bits per heavy atom. The van der Waals surface area contributed by atoms with Crippen molar-refractivity contribution in [3.8, 4) is 11.8 Å². The summed E-state index contributed by atoms with van der Waals surface area (Å²) in [4.78, 5) is 128. The van der Waals surface area contributed by atoms with Gasteiger partial charge >= 0.3 is 5.97 Å². The van der Waals surface area contributed by atoms with E-state index in [4.69, 9.17) is 28.4 Å². The first-order valence-corrected chi connectivity index (χ1v) is 34.1. The topological polar surface area (TPSA) is 290 Å². The van der Waals surface area contributed by atoms with Gasteiger partial charge < -0.3 is 74.4 Å². The Balaban J connectivity index is 0.947. The van der Waals surface area contributed by atoms with E-state index >= 15 is 0 Å². The van der Waals surface area contributed by atoms with Crippen LogP contribution in [0.2, 0.25) is 0 Å². The zero-order valence-corrected chi connectivity index (χ0v) is 58.8. The number of para-hydroxylation sites is 1. The molecular formula is C73H106N8O16. The molecule has 0 saturated carbocycles. The molecule has 97 heavy (non-hydrogen) atoms. The number of amides is 8. The molecule has 0 aromatic heterocycles. The van der Waals surface area contributed by atoms with E-state index in [0.29, 0.717) is 72.0 Å². The van der Waals surface area contributed by atoms with Crippen molar-refractivity contribution in [2.75, 3.05) is 106 Å². The molecule has 5 rings (SSSR count). The van der Waals surface area contributed by atoms with Crippen LogP contribution in [-0.4, -0.2) is 216 Å². The molecule has 3 aromatic carbocycles. The highest BCUT2D eigenvalue weighted by molar-refractivity contribution is 5.96. The SMILES string of the molecule is CC[C@H](C)[C@@H]([C@@H](CC(=O)N1CCC[C@H]1[C@H](OC)[C@@H](C)C(=O)N[C@@H](Cc1ccccc1)C(=O)O)OC)N(C)C(=O)[C@@H](NC(=O)[C@H](C(C)C)N(C)C(=O)CCCC(=O)NCCOCCOCCOCCOCCC(=O)NCCC(=O)N1Cc2ccccc2C#Cc2ccccc21)C(C)C. The van der Waals surface area contributed by atoms with E-state index in [1.54, 1.807) is 60.0 Å². The minimum atomic E-state index is -1.18. The third-order valence-electron chi connectivity index (χ3n) is 17.9. The number of hydrogen-bond donors (Lipinski definition) is 5. The van der Waals surface area contributed by atoms with Crippen molar-refractivity contribution in [2.24, 2.45) is 23.7 Å². The van der Waals surface area contributed by atoms with E-state index < -0.39 is 72.0 Å². The van der Waals surface area contributed by atoms with Crippen LogP contribution >= 0.6 is 0 Å². The highest BCUT2D eigenvalue weighted by Crippen LogP contribution is 2.31. The lowest BCUT2D eigenvalue weighted by atomic mass is 9.89. The predicted molar refractivity (Wildman–Crippen MR) is 366 cm³/mol. The molecule has 0 aliphatic carbocycles. The fraction of sp³-hybridized carbons (Fsp3) is 0.603. The molecule has 2 aliphatic heterocycles. The van der Waals surface area contributed by atoms with Crippen molar-refractivity contribution in [1.29, 1.82) is 0 Å². The summed E-state index contributed by atoms with van der Waals surface area (Å²) in [5.41, 5.74) is 4.11. The van der Waals surface area contributed by atoms with E-state index in [0.717, 1.165) is 27.9 Å². The molecule has 0 spiro atoms. The second kappa shape index (κ2) is 42.1. The fourth-order valence-electron chi connectivity index (χ4n) is 12.3. The van der Waals surface area contributed by atoms with Gasteiger partial charge in [-0.15, -0.1) is 0 Å². The molecular weight excluding hydrogens is 1240 g/mol. The van der Waals surface area contributed by atoms with Crippen molar-refractivity contribution in [3.05, 3.63) is 101 Å². The number of likely N-dealkylation sites (tertiary alicyclic amines) is 1. The maximum Gasteiger partial charge on any atom is 0.326 e. The minimum Gasteiger partial charge on any atom is -0.480 e. The number of fused-ring (bicyclic) bond motifs is 2. The van der Waals surface area contributed by atoms with E-state index in [1.807, 2.05) is 96.1 Å². The van der Waals surface area contributed by atoms with Crippen molar-refractivity contribution >= 4 is 58.9 Å². The quantitative estimate of drug-likeness (QED) is 0.0343. The highest BCUT2D eigenvalue weighted by atomic mass is 16.6. The molecule has 5 N–H and O–H groups in total. The van der Waals surface area contributed by atoms with Crippen LogP contribution in [0.4, 0.5) is 5.69 Å². The number of carbonyl (C=O) groups is 9. The number of aliphatic carboxylic acids is 1. The van der Waals surface area contributed by atoms with Crippen molar-refractivity contribution in [1.82, 2.24) is 36.0 Å². The molecule has 24 nitrogen and oxygen atoms in total. The third-order valence-corrected chi connectivity index (χ3v) is 17.9. The van der Waals surface area contributed by atoms with E-state index in [2.05, 4.69) is 33.1 Å². The highest BCUT2D eigenvalue weighted by Gasteiger charge is 2.44. The zero-order chi connectivity index (χ0) is 71.0. The fourth-order valence-corrected chi connectivity index (χ4v) is 12.3. The largest absolute Gasteiger partial charge is 0.480 e. The van der Waals surface area contributed by atoms with Crippen LogP contribution in [0.25, 0.3) is 0 Å². The van der Waals surface area contributed by atoms with Gasteiger partial charge in [-0.3, -0.25) is 38.4 Å². The summed E-state index contributed by atoms with van der Waals surface area (Å²) in [6.07, 6.45) is 0.873. The van der Waals surface area contributed by atoms with Gasteiger partial charge in [-0.2, -0.15) is 0 Å². The smallest absolute Gasteiger partial charge is 0.326 e. The first-order chi connectivity index (χ1) is 46.5. The third kappa shape index (κ3) is 25.2. The number of ether oxygens (including phenoxy) is 6. The normalized spacial score (nSPS) is 15.9. The molecule has 9 atom stereocenters. The predicted octanol–water partition coefficient (Wildman–Crippen LogP) is 5.54. The average Bonchev–Trinajstić information content (AvgIpc) is 1.48. The second-order valence-electron chi connectivity index (χ2n) is 25.5. The first-order valence-electron chi connectivity index (χ1n) is 34.1. The van der Waals surface area contributed by atoms with E-state index in [-0.39, 0.29) is 119 Å². The summed E-state index contributed by atoms with van der Waals surface area (Å²) in [6.45, 7) is 16.5. The number of carboxylic acids is 1. The number of likely N-dealkylation sites (N-methyl/N-ethyl adjacent to an activating group) is 2. The molecule has 24 heteroatoms. The molecule has 2 aliphatic rings. The number of carbonyl (C=O) groups excluding carboxylic acids is 8. The summed E-state index contributed by atoms with van der Waals surface area (Å²) in [5.74, 6) is 0.924. The number of benzene rings is 3. The van der Waals surface area contributed by atoms with Crippen LogP contribution in [0.15, 0.2) is 78.9 Å². The number of carboxylic acid groups (broad SMARTS) is 1. The Kier molecular flexibility index (Phi) is 34.7. The minimum absolute atomic E-state index is 0.00339. The lowest BCUT2D eigenvalue weighted by Gasteiger charge is -2.41. The van der Waals surface area contributed by atoms with Crippen LogP contribution in [0.5, 0.6) is 0 Å².